The molecule has 2 aliphatic heterocycles. The summed E-state index contributed by atoms with van der Waals surface area (Å²) in [5, 5.41) is 5.80. The molecule has 0 bridgehead atoms. The summed E-state index contributed by atoms with van der Waals surface area (Å²) in [6.45, 7) is 3.59. The first-order chi connectivity index (χ1) is 13.5. The Morgan fingerprint density at radius 2 is 2.04 bits per heavy atom. The van der Waals surface area contributed by atoms with Crippen molar-refractivity contribution >= 4 is 40.6 Å². The van der Waals surface area contributed by atoms with Crippen molar-refractivity contribution in [1.29, 1.82) is 0 Å². The number of pyridine rings is 1. The number of hydrogen-bond donors (Lipinski definition) is 2. The first-order valence-corrected chi connectivity index (χ1v) is 9.34. The molecule has 146 valence electrons. The Morgan fingerprint density at radius 1 is 1.25 bits per heavy atom. The van der Waals surface area contributed by atoms with Gasteiger partial charge in [0.1, 0.15) is 11.6 Å². The number of amides is 2. The van der Waals surface area contributed by atoms with Crippen LogP contribution in [0, 0.1) is 0 Å². The molecule has 0 spiro atoms. The van der Waals surface area contributed by atoms with Crippen molar-refractivity contribution in [2.45, 2.75) is 0 Å². The van der Waals surface area contributed by atoms with Crippen LogP contribution in [0.2, 0.25) is 5.02 Å². The highest BCUT2D eigenvalue weighted by molar-refractivity contribution is 6.34. The lowest BCUT2D eigenvalue weighted by atomic mass is 10.2. The molecule has 9 heteroatoms. The summed E-state index contributed by atoms with van der Waals surface area (Å²) in [5.41, 5.74) is 1.40. The average molecular weight is 402 g/mol. The lowest BCUT2D eigenvalue weighted by Crippen LogP contribution is -2.44. The van der Waals surface area contributed by atoms with E-state index in [9.17, 15) is 9.59 Å². The third-order valence-corrected chi connectivity index (χ3v) is 5.10. The fraction of sp³-hybridized carbons (Fsp3) is 0.316. The van der Waals surface area contributed by atoms with Crippen molar-refractivity contribution in [3.05, 3.63) is 41.0 Å². The second-order valence-electron chi connectivity index (χ2n) is 6.81. The highest BCUT2D eigenvalue weighted by Gasteiger charge is 2.20. The summed E-state index contributed by atoms with van der Waals surface area (Å²) in [5.74, 6) is 0.712. The number of benzene rings is 1. The Balaban J connectivity index is 1.51. The smallest absolute Gasteiger partial charge is 0.262 e. The minimum absolute atomic E-state index is 0.0687. The van der Waals surface area contributed by atoms with E-state index in [1.807, 2.05) is 0 Å². The van der Waals surface area contributed by atoms with Crippen LogP contribution >= 0.6 is 11.6 Å². The Bertz CT molecular complexity index is 928. The Kier molecular flexibility index (Phi) is 5.06. The van der Waals surface area contributed by atoms with E-state index < -0.39 is 0 Å². The molecule has 0 unspecified atom stereocenters. The van der Waals surface area contributed by atoms with Crippen molar-refractivity contribution in [2.75, 3.05) is 55.4 Å². The second-order valence-corrected chi connectivity index (χ2v) is 7.22. The van der Waals surface area contributed by atoms with E-state index in [2.05, 4.69) is 32.5 Å². The van der Waals surface area contributed by atoms with E-state index >= 15 is 0 Å². The number of rotatable bonds is 3. The van der Waals surface area contributed by atoms with E-state index in [-0.39, 0.29) is 18.4 Å². The van der Waals surface area contributed by atoms with Crippen LogP contribution in [0.1, 0.15) is 10.4 Å². The molecule has 0 aliphatic carbocycles. The van der Waals surface area contributed by atoms with E-state index in [4.69, 9.17) is 16.3 Å². The highest BCUT2D eigenvalue weighted by atomic mass is 35.5. The van der Waals surface area contributed by atoms with Gasteiger partial charge in [0.2, 0.25) is 0 Å². The van der Waals surface area contributed by atoms with Crippen molar-refractivity contribution in [1.82, 2.24) is 9.88 Å². The Hall–Kier alpha value is -2.84. The summed E-state index contributed by atoms with van der Waals surface area (Å²) in [4.78, 5) is 33.0. The molecule has 1 aromatic carbocycles. The normalized spacial score (nSPS) is 16.8. The second kappa shape index (κ2) is 7.65. The maximum atomic E-state index is 12.7. The van der Waals surface area contributed by atoms with Crippen molar-refractivity contribution in [3.8, 4) is 5.75 Å². The molecular weight excluding hydrogens is 382 g/mol. The lowest BCUT2D eigenvalue weighted by Gasteiger charge is -2.33. The average Bonchev–Trinajstić information content (AvgIpc) is 2.69. The van der Waals surface area contributed by atoms with Gasteiger partial charge in [-0.1, -0.05) is 11.6 Å². The lowest BCUT2D eigenvalue weighted by molar-refractivity contribution is -0.118. The topological polar surface area (TPSA) is 86.8 Å². The molecular formula is C19H20ClN5O3. The molecule has 0 atom stereocenters. The molecule has 0 saturated carbocycles. The van der Waals surface area contributed by atoms with Gasteiger partial charge in [0, 0.05) is 44.0 Å². The summed E-state index contributed by atoms with van der Waals surface area (Å²) >= 11 is 6.26. The number of piperazine rings is 1. The van der Waals surface area contributed by atoms with Crippen LogP contribution in [0.25, 0.3) is 0 Å². The van der Waals surface area contributed by atoms with Crippen LogP contribution in [0.4, 0.5) is 17.2 Å². The zero-order chi connectivity index (χ0) is 19.7. The molecule has 0 radical (unpaired) electrons. The van der Waals surface area contributed by atoms with Gasteiger partial charge in [-0.3, -0.25) is 9.59 Å². The van der Waals surface area contributed by atoms with Gasteiger partial charge in [-0.15, -0.1) is 0 Å². The quantitative estimate of drug-likeness (QED) is 0.818. The van der Waals surface area contributed by atoms with Crippen molar-refractivity contribution in [3.63, 3.8) is 0 Å². The summed E-state index contributed by atoms with van der Waals surface area (Å²) in [6, 6.07) is 6.62. The minimum Gasteiger partial charge on any atom is -0.482 e. The molecule has 3 heterocycles. The minimum atomic E-state index is -0.292. The largest absolute Gasteiger partial charge is 0.482 e. The summed E-state index contributed by atoms with van der Waals surface area (Å²) < 4.78 is 5.38. The molecule has 2 N–H and O–H groups in total. The number of aromatic nitrogens is 1. The van der Waals surface area contributed by atoms with Crippen molar-refractivity contribution < 1.29 is 14.3 Å². The standard InChI is InChI=1S/C19H20ClN5O3/c1-24-4-6-25(7-5-24)17-8-12(2-3-21-17)19(27)23-14-10-16-15(9-13(14)20)22-18(26)11-28-16/h2-3,8-10H,4-7,11H2,1H3,(H,22,26)(H,23,27). The van der Waals surface area contributed by atoms with Crippen LogP contribution in [0.15, 0.2) is 30.5 Å². The molecule has 4 rings (SSSR count). The number of nitrogens with one attached hydrogen (secondary N) is 2. The Labute approximate surface area is 167 Å². The van der Waals surface area contributed by atoms with E-state index in [1.165, 1.54) is 0 Å². The molecule has 1 fully saturated rings. The summed E-state index contributed by atoms with van der Waals surface area (Å²) in [6.07, 6.45) is 1.63. The fourth-order valence-electron chi connectivity index (χ4n) is 3.16. The third kappa shape index (κ3) is 3.88. The number of nitrogens with zero attached hydrogens (tertiary/aromatic N) is 3. The van der Waals surface area contributed by atoms with Gasteiger partial charge in [0.15, 0.2) is 6.61 Å². The van der Waals surface area contributed by atoms with Crippen LogP contribution in [0.3, 0.4) is 0 Å². The van der Waals surface area contributed by atoms with Crippen LogP contribution in [-0.4, -0.2) is 61.5 Å². The monoisotopic (exact) mass is 401 g/mol. The van der Waals surface area contributed by atoms with E-state index in [0.29, 0.717) is 27.7 Å². The van der Waals surface area contributed by atoms with Crippen LogP contribution in [-0.2, 0) is 4.79 Å². The first kappa shape index (κ1) is 18.5. The molecule has 8 nitrogen and oxygen atoms in total. The number of anilines is 3. The maximum Gasteiger partial charge on any atom is 0.262 e. The van der Waals surface area contributed by atoms with Gasteiger partial charge in [-0.25, -0.2) is 4.98 Å². The number of likely N-dealkylation sites (N-methyl/N-ethyl adjacent to an activating group) is 1. The zero-order valence-corrected chi connectivity index (χ0v) is 16.1. The van der Waals surface area contributed by atoms with Gasteiger partial charge < -0.3 is 25.2 Å². The van der Waals surface area contributed by atoms with Gasteiger partial charge >= 0.3 is 0 Å². The van der Waals surface area contributed by atoms with Crippen molar-refractivity contribution in [2.24, 2.45) is 0 Å². The number of hydrogen-bond acceptors (Lipinski definition) is 6. The highest BCUT2D eigenvalue weighted by Crippen LogP contribution is 2.36. The van der Waals surface area contributed by atoms with Gasteiger partial charge in [-0.2, -0.15) is 0 Å². The SMILES string of the molecule is CN1CCN(c2cc(C(=O)Nc3cc4c(cc3Cl)NC(=O)CO4)ccn2)CC1. The molecule has 28 heavy (non-hydrogen) atoms. The fourth-order valence-corrected chi connectivity index (χ4v) is 3.37. The number of ether oxygens (including phenoxy) is 1. The number of fused-ring (bicyclic) bond motifs is 1. The van der Waals surface area contributed by atoms with Crippen LogP contribution < -0.4 is 20.3 Å². The molecule has 2 aromatic rings. The molecule has 1 aromatic heterocycles. The molecule has 2 amide bonds. The van der Waals surface area contributed by atoms with E-state index in [0.717, 1.165) is 32.0 Å². The summed E-state index contributed by atoms with van der Waals surface area (Å²) in [7, 11) is 2.09. The molecule has 1 saturated heterocycles. The third-order valence-electron chi connectivity index (χ3n) is 4.79. The van der Waals surface area contributed by atoms with Gasteiger partial charge in [0.05, 0.1) is 16.4 Å². The van der Waals surface area contributed by atoms with Crippen LogP contribution in [0.5, 0.6) is 5.75 Å². The number of carbonyl (C=O) groups excluding carboxylic acids is 2. The predicted octanol–water partition coefficient (Wildman–Crippen LogP) is 2.07. The zero-order valence-electron chi connectivity index (χ0n) is 15.4. The Morgan fingerprint density at radius 3 is 2.82 bits per heavy atom. The first-order valence-electron chi connectivity index (χ1n) is 8.97. The van der Waals surface area contributed by atoms with Gasteiger partial charge in [0.25, 0.3) is 11.8 Å². The number of halogens is 1. The van der Waals surface area contributed by atoms with Gasteiger partial charge in [-0.05, 0) is 25.2 Å². The van der Waals surface area contributed by atoms with E-state index in [1.54, 1.807) is 30.5 Å². The maximum absolute atomic E-state index is 12.7. The number of carbonyl (C=O) groups is 2. The predicted molar refractivity (Wildman–Crippen MR) is 107 cm³/mol. The molecule has 2 aliphatic rings.